The van der Waals surface area contributed by atoms with Gasteiger partial charge in [-0.25, -0.2) is 0 Å². The Morgan fingerprint density at radius 1 is 1.18 bits per heavy atom. The molecular weight excluding hydrogens is 280 g/mol. The molecule has 0 unspecified atom stereocenters. The fourth-order valence-corrected chi connectivity index (χ4v) is 3.24. The molecule has 1 atom stereocenters. The van der Waals surface area contributed by atoms with E-state index in [1.54, 1.807) is 0 Å². The molecule has 0 aromatic carbocycles. The van der Waals surface area contributed by atoms with Gasteiger partial charge < -0.3 is 14.1 Å². The van der Waals surface area contributed by atoms with Crippen LogP contribution in [-0.2, 0) is 22.5 Å². The monoisotopic (exact) mass is 306 g/mol. The molecule has 3 rings (SSSR count). The lowest BCUT2D eigenvalue weighted by atomic mass is 10.2. The molecular formula is C17H26N2O3. The summed E-state index contributed by atoms with van der Waals surface area (Å²) >= 11 is 0. The van der Waals surface area contributed by atoms with Crippen LogP contribution in [0.2, 0.25) is 0 Å². The minimum absolute atomic E-state index is 0.186. The fourth-order valence-electron chi connectivity index (χ4n) is 3.24. The second-order valence-electron chi connectivity index (χ2n) is 6.18. The van der Waals surface area contributed by atoms with Crippen molar-refractivity contribution >= 4 is 5.91 Å². The number of aryl methyl sites for hydroxylation is 1. The van der Waals surface area contributed by atoms with Crippen molar-refractivity contribution in [3.8, 4) is 0 Å². The molecule has 0 aliphatic carbocycles. The minimum Gasteiger partial charge on any atom is -0.465 e. The Bertz CT molecular complexity index is 494. The molecule has 0 radical (unpaired) electrons. The molecule has 5 heteroatoms. The largest absolute Gasteiger partial charge is 0.465 e. The van der Waals surface area contributed by atoms with Gasteiger partial charge in [0.25, 0.3) is 5.91 Å². The van der Waals surface area contributed by atoms with Crippen LogP contribution in [0.15, 0.2) is 16.5 Å². The average Bonchev–Trinajstić information content (AvgIpc) is 3.16. The van der Waals surface area contributed by atoms with E-state index in [1.165, 1.54) is 0 Å². The number of ether oxygens (including phenoxy) is 1. The standard InChI is InChI=1S/C17H26N2O3/c1-2-14-6-7-15(22-14)13-18-8-4-9-19(11-10-18)17(20)16-5-3-12-21-16/h6-7,16H,2-5,8-13H2,1H3/t16-/m0/s1. The summed E-state index contributed by atoms with van der Waals surface area (Å²) in [7, 11) is 0. The first-order valence-corrected chi connectivity index (χ1v) is 8.46. The fraction of sp³-hybridized carbons (Fsp3) is 0.706. The molecule has 0 N–H and O–H groups in total. The highest BCUT2D eigenvalue weighted by Crippen LogP contribution is 2.17. The molecule has 1 aromatic rings. The Balaban J connectivity index is 1.52. The van der Waals surface area contributed by atoms with Crippen molar-refractivity contribution in [1.82, 2.24) is 9.80 Å². The molecule has 5 nitrogen and oxygen atoms in total. The van der Waals surface area contributed by atoms with Gasteiger partial charge >= 0.3 is 0 Å². The van der Waals surface area contributed by atoms with E-state index in [9.17, 15) is 4.79 Å². The summed E-state index contributed by atoms with van der Waals surface area (Å²) in [6.45, 7) is 7.21. The summed E-state index contributed by atoms with van der Waals surface area (Å²) in [6.07, 6.45) is 3.65. The van der Waals surface area contributed by atoms with Gasteiger partial charge in [-0.3, -0.25) is 9.69 Å². The lowest BCUT2D eigenvalue weighted by Gasteiger charge is -2.24. The Morgan fingerprint density at radius 3 is 2.77 bits per heavy atom. The zero-order valence-electron chi connectivity index (χ0n) is 13.4. The highest BCUT2D eigenvalue weighted by molar-refractivity contribution is 5.81. The highest BCUT2D eigenvalue weighted by atomic mass is 16.5. The number of amides is 1. The first-order valence-electron chi connectivity index (χ1n) is 8.46. The molecule has 22 heavy (non-hydrogen) atoms. The van der Waals surface area contributed by atoms with Crippen LogP contribution < -0.4 is 0 Å². The zero-order chi connectivity index (χ0) is 15.4. The van der Waals surface area contributed by atoms with Gasteiger partial charge in [-0.2, -0.15) is 0 Å². The van der Waals surface area contributed by atoms with Crippen molar-refractivity contribution in [2.45, 2.75) is 45.3 Å². The number of hydrogen-bond donors (Lipinski definition) is 0. The molecule has 1 amide bonds. The Kier molecular flexibility index (Phi) is 5.16. The number of hydrogen-bond acceptors (Lipinski definition) is 4. The Morgan fingerprint density at radius 2 is 2.05 bits per heavy atom. The van der Waals surface area contributed by atoms with Gasteiger partial charge in [-0.1, -0.05) is 6.92 Å². The van der Waals surface area contributed by atoms with Gasteiger partial charge in [0.2, 0.25) is 0 Å². The molecule has 2 aliphatic heterocycles. The zero-order valence-corrected chi connectivity index (χ0v) is 13.4. The van der Waals surface area contributed by atoms with Crippen LogP contribution in [0.25, 0.3) is 0 Å². The molecule has 2 saturated heterocycles. The predicted octanol–water partition coefficient (Wildman–Crippen LogP) is 2.06. The van der Waals surface area contributed by atoms with E-state index in [1.807, 2.05) is 4.90 Å². The highest BCUT2D eigenvalue weighted by Gasteiger charge is 2.29. The maximum Gasteiger partial charge on any atom is 0.251 e. The minimum atomic E-state index is -0.191. The van der Waals surface area contributed by atoms with E-state index < -0.39 is 0 Å². The van der Waals surface area contributed by atoms with Crippen LogP contribution in [0.3, 0.4) is 0 Å². The maximum atomic E-state index is 12.4. The lowest BCUT2D eigenvalue weighted by molar-refractivity contribution is -0.140. The summed E-state index contributed by atoms with van der Waals surface area (Å²) in [5.41, 5.74) is 0. The second kappa shape index (κ2) is 7.29. The molecule has 2 aliphatic rings. The maximum absolute atomic E-state index is 12.4. The van der Waals surface area contributed by atoms with E-state index in [-0.39, 0.29) is 12.0 Å². The van der Waals surface area contributed by atoms with Crippen LogP contribution in [0.4, 0.5) is 0 Å². The quantitative estimate of drug-likeness (QED) is 0.854. The van der Waals surface area contributed by atoms with Crippen LogP contribution >= 0.6 is 0 Å². The van der Waals surface area contributed by atoms with Crippen LogP contribution in [0.1, 0.15) is 37.7 Å². The summed E-state index contributed by atoms with van der Waals surface area (Å²) in [5.74, 6) is 2.25. The van der Waals surface area contributed by atoms with Gasteiger partial charge in [0.15, 0.2) is 0 Å². The van der Waals surface area contributed by atoms with Crippen molar-refractivity contribution < 1.29 is 13.9 Å². The summed E-state index contributed by atoms with van der Waals surface area (Å²) in [6, 6.07) is 4.12. The Hall–Kier alpha value is -1.33. The number of nitrogens with zero attached hydrogens (tertiary/aromatic N) is 2. The molecule has 0 bridgehead atoms. The number of carbonyl (C=O) groups is 1. The van der Waals surface area contributed by atoms with Gasteiger partial charge in [0.1, 0.15) is 17.6 Å². The summed E-state index contributed by atoms with van der Waals surface area (Å²) in [5, 5.41) is 0. The van der Waals surface area contributed by atoms with Gasteiger partial charge in [-0.05, 0) is 31.4 Å². The summed E-state index contributed by atoms with van der Waals surface area (Å²) < 4.78 is 11.3. The third-order valence-electron chi connectivity index (χ3n) is 4.55. The van der Waals surface area contributed by atoms with E-state index in [4.69, 9.17) is 9.15 Å². The van der Waals surface area contributed by atoms with Crippen LogP contribution in [-0.4, -0.2) is 54.6 Å². The normalized spacial score (nSPS) is 23.7. The number of rotatable bonds is 4. The topological polar surface area (TPSA) is 45.9 Å². The third kappa shape index (κ3) is 3.70. The van der Waals surface area contributed by atoms with Crippen molar-refractivity contribution in [2.75, 3.05) is 32.8 Å². The first-order chi connectivity index (χ1) is 10.8. The van der Waals surface area contributed by atoms with E-state index in [0.717, 1.165) is 76.5 Å². The lowest BCUT2D eigenvalue weighted by Crippen LogP contribution is -2.41. The SMILES string of the molecule is CCc1ccc(CN2CCCN(C(=O)[C@@H]3CCCO3)CC2)o1. The van der Waals surface area contributed by atoms with Crippen molar-refractivity contribution in [2.24, 2.45) is 0 Å². The average molecular weight is 306 g/mol. The molecule has 0 spiro atoms. The van der Waals surface area contributed by atoms with Gasteiger partial charge in [0.05, 0.1) is 6.54 Å². The van der Waals surface area contributed by atoms with E-state index >= 15 is 0 Å². The molecule has 3 heterocycles. The van der Waals surface area contributed by atoms with Gasteiger partial charge in [-0.15, -0.1) is 0 Å². The van der Waals surface area contributed by atoms with Crippen molar-refractivity contribution in [3.05, 3.63) is 23.7 Å². The molecule has 0 saturated carbocycles. The third-order valence-corrected chi connectivity index (χ3v) is 4.55. The van der Waals surface area contributed by atoms with Crippen molar-refractivity contribution in [3.63, 3.8) is 0 Å². The van der Waals surface area contributed by atoms with E-state index in [2.05, 4.69) is 24.0 Å². The first kappa shape index (κ1) is 15.6. The molecule has 122 valence electrons. The predicted molar refractivity (Wildman–Crippen MR) is 83.5 cm³/mol. The number of furan rings is 1. The Labute approximate surface area is 132 Å². The smallest absolute Gasteiger partial charge is 0.251 e. The summed E-state index contributed by atoms with van der Waals surface area (Å²) in [4.78, 5) is 16.8. The molecule has 1 aromatic heterocycles. The van der Waals surface area contributed by atoms with Gasteiger partial charge in [0, 0.05) is 39.2 Å². The van der Waals surface area contributed by atoms with Crippen LogP contribution in [0, 0.1) is 0 Å². The number of carbonyl (C=O) groups excluding carboxylic acids is 1. The van der Waals surface area contributed by atoms with Crippen LogP contribution in [0.5, 0.6) is 0 Å². The van der Waals surface area contributed by atoms with E-state index in [0.29, 0.717) is 0 Å². The second-order valence-corrected chi connectivity index (χ2v) is 6.18. The van der Waals surface area contributed by atoms with Crippen molar-refractivity contribution in [1.29, 1.82) is 0 Å². The molecule has 2 fully saturated rings.